The molecule has 2 aromatic heterocycles. The van der Waals surface area contributed by atoms with Gasteiger partial charge >= 0.3 is 6.18 Å². The van der Waals surface area contributed by atoms with Gasteiger partial charge in [-0.25, -0.2) is 4.98 Å². The lowest BCUT2D eigenvalue weighted by Crippen LogP contribution is -2.45. The summed E-state index contributed by atoms with van der Waals surface area (Å²) in [7, 11) is 3.54. The Morgan fingerprint density at radius 3 is 2.62 bits per heavy atom. The molecule has 1 fully saturated rings. The first-order valence-corrected chi connectivity index (χ1v) is 10.0. The molecule has 0 atom stereocenters. The quantitative estimate of drug-likeness (QED) is 0.643. The number of nitrogens with zero attached hydrogens (tertiary/aromatic N) is 5. The normalized spacial score (nSPS) is 15.8. The predicted molar refractivity (Wildman–Crippen MR) is 105 cm³/mol. The minimum atomic E-state index is -4.42. The van der Waals surface area contributed by atoms with Crippen molar-refractivity contribution in [2.75, 3.05) is 25.0 Å². The van der Waals surface area contributed by atoms with Gasteiger partial charge in [-0.3, -0.25) is 9.48 Å². The number of halogens is 3. The highest BCUT2D eigenvalue weighted by Gasteiger charge is 2.34. The number of benzene rings is 1. The van der Waals surface area contributed by atoms with E-state index >= 15 is 0 Å². The molecular weight excluding hydrogens is 403 g/mol. The molecule has 0 bridgehead atoms. The molecule has 1 aliphatic heterocycles. The molecule has 29 heavy (non-hydrogen) atoms. The van der Waals surface area contributed by atoms with Gasteiger partial charge in [-0.15, -0.1) is 0 Å². The molecule has 1 aliphatic rings. The average molecular weight is 423 g/mol. The summed E-state index contributed by atoms with van der Waals surface area (Å²) in [5.41, 5.74) is -0.150. The molecule has 1 amide bonds. The molecule has 0 saturated carbocycles. The maximum absolute atomic E-state index is 13.2. The van der Waals surface area contributed by atoms with Crippen molar-refractivity contribution < 1.29 is 18.0 Å². The highest BCUT2D eigenvalue weighted by molar-refractivity contribution is 7.22. The van der Waals surface area contributed by atoms with Crippen molar-refractivity contribution in [3.05, 3.63) is 41.7 Å². The summed E-state index contributed by atoms with van der Waals surface area (Å²) in [4.78, 5) is 20.6. The standard InChI is InChI=1S/C19H20F3N5OS/c1-25-11-12(10-23-25)17(28)26(2)13-6-8-27(9-7-13)18-24-16-14(19(20,21)22)4-3-5-15(16)29-18/h3-5,10-11,13H,6-9H2,1-2H3. The summed E-state index contributed by atoms with van der Waals surface area (Å²) in [6.45, 7) is 1.27. The van der Waals surface area contributed by atoms with Crippen LogP contribution in [0.15, 0.2) is 30.6 Å². The molecule has 0 N–H and O–H groups in total. The molecule has 3 heterocycles. The molecule has 6 nitrogen and oxygen atoms in total. The van der Waals surface area contributed by atoms with E-state index in [0.29, 0.717) is 28.5 Å². The van der Waals surface area contributed by atoms with Crippen molar-refractivity contribution >= 4 is 32.6 Å². The predicted octanol–water partition coefficient (Wildman–Crippen LogP) is 3.79. The van der Waals surface area contributed by atoms with Gasteiger partial charge in [-0.2, -0.15) is 18.3 Å². The third kappa shape index (κ3) is 3.81. The Hall–Kier alpha value is -2.62. The van der Waals surface area contributed by atoms with Crippen LogP contribution in [0.5, 0.6) is 0 Å². The molecule has 3 aromatic rings. The zero-order chi connectivity index (χ0) is 20.8. The number of aryl methyl sites for hydroxylation is 1. The van der Waals surface area contributed by atoms with Crippen molar-refractivity contribution in [1.29, 1.82) is 0 Å². The fraction of sp³-hybridized carbons (Fsp3) is 0.421. The number of carbonyl (C=O) groups is 1. The number of anilines is 1. The van der Waals surface area contributed by atoms with E-state index in [-0.39, 0.29) is 17.5 Å². The maximum Gasteiger partial charge on any atom is 0.418 e. The van der Waals surface area contributed by atoms with Crippen molar-refractivity contribution in [3.8, 4) is 0 Å². The number of para-hydroxylation sites is 1. The number of hydrogen-bond acceptors (Lipinski definition) is 5. The van der Waals surface area contributed by atoms with Gasteiger partial charge in [-0.05, 0) is 25.0 Å². The summed E-state index contributed by atoms with van der Waals surface area (Å²) in [6.07, 6.45) is 0.267. The average Bonchev–Trinajstić information content (AvgIpc) is 3.32. The number of alkyl halides is 3. The first-order chi connectivity index (χ1) is 13.7. The Labute approximate surface area is 169 Å². The van der Waals surface area contributed by atoms with Gasteiger partial charge in [0.1, 0.15) is 0 Å². The van der Waals surface area contributed by atoms with Gasteiger partial charge in [0.15, 0.2) is 5.13 Å². The van der Waals surface area contributed by atoms with Crippen molar-refractivity contribution in [2.24, 2.45) is 7.05 Å². The molecule has 0 radical (unpaired) electrons. The van der Waals surface area contributed by atoms with Gasteiger partial charge < -0.3 is 9.80 Å². The van der Waals surface area contributed by atoms with Crippen LogP contribution in [0.25, 0.3) is 10.2 Å². The van der Waals surface area contributed by atoms with Gasteiger partial charge in [-0.1, -0.05) is 17.4 Å². The van der Waals surface area contributed by atoms with E-state index in [1.807, 2.05) is 4.90 Å². The van der Waals surface area contributed by atoms with Gasteiger partial charge in [0.2, 0.25) is 0 Å². The van der Waals surface area contributed by atoms with E-state index < -0.39 is 11.7 Å². The Kier molecular flexibility index (Phi) is 4.97. The molecule has 154 valence electrons. The summed E-state index contributed by atoms with van der Waals surface area (Å²) in [5.74, 6) is -0.0774. The van der Waals surface area contributed by atoms with Crippen molar-refractivity contribution in [2.45, 2.75) is 25.1 Å². The Balaban J connectivity index is 1.46. The van der Waals surface area contributed by atoms with Crippen molar-refractivity contribution in [1.82, 2.24) is 19.7 Å². The van der Waals surface area contributed by atoms with Gasteiger partial charge in [0.05, 0.1) is 27.5 Å². The molecule has 1 saturated heterocycles. The number of amides is 1. The van der Waals surface area contributed by atoms with Crippen molar-refractivity contribution in [3.63, 3.8) is 0 Å². The lowest BCUT2D eigenvalue weighted by atomic mass is 10.0. The second-order valence-corrected chi connectivity index (χ2v) is 8.19. The minimum absolute atomic E-state index is 0.00555. The summed E-state index contributed by atoms with van der Waals surface area (Å²) in [6, 6.07) is 4.22. The highest BCUT2D eigenvalue weighted by Crippen LogP contribution is 2.39. The zero-order valence-corrected chi connectivity index (χ0v) is 16.8. The molecule has 0 unspecified atom stereocenters. The van der Waals surface area contributed by atoms with Crippen LogP contribution < -0.4 is 4.90 Å². The topological polar surface area (TPSA) is 54.3 Å². The van der Waals surface area contributed by atoms with Gasteiger partial charge in [0, 0.05) is 39.4 Å². The van der Waals surface area contributed by atoms with Crippen LogP contribution in [0, 0.1) is 0 Å². The first kappa shape index (κ1) is 19.7. The van der Waals surface area contributed by atoms with Crippen LogP contribution in [0.4, 0.5) is 18.3 Å². The molecule has 1 aromatic carbocycles. The number of rotatable bonds is 3. The van der Waals surface area contributed by atoms with Crippen LogP contribution >= 0.6 is 11.3 Å². The minimum Gasteiger partial charge on any atom is -0.348 e. The van der Waals surface area contributed by atoms with Crippen LogP contribution in [0.3, 0.4) is 0 Å². The molecule has 0 spiro atoms. The monoisotopic (exact) mass is 423 g/mol. The maximum atomic E-state index is 13.2. The smallest absolute Gasteiger partial charge is 0.348 e. The first-order valence-electron chi connectivity index (χ1n) is 9.21. The molecule has 10 heteroatoms. The number of hydrogen-bond donors (Lipinski definition) is 0. The lowest BCUT2D eigenvalue weighted by Gasteiger charge is -2.36. The van der Waals surface area contributed by atoms with Crippen LogP contribution in [-0.4, -0.2) is 51.8 Å². The second-order valence-electron chi connectivity index (χ2n) is 7.18. The zero-order valence-electron chi connectivity index (χ0n) is 16.0. The molecular formula is C19H20F3N5OS. The van der Waals surface area contributed by atoms with Gasteiger partial charge in [0.25, 0.3) is 5.91 Å². The molecule has 0 aliphatic carbocycles. The van der Waals surface area contributed by atoms with E-state index in [4.69, 9.17) is 0 Å². The summed E-state index contributed by atoms with van der Waals surface area (Å²) < 4.78 is 41.8. The third-order valence-corrected chi connectivity index (χ3v) is 6.35. The van der Waals surface area contributed by atoms with Crippen LogP contribution in [0.2, 0.25) is 0 Å². The highest BCUT2D eigenvalue weighted by atomic mass is 32.1. The number of fused-ring (bicyclic) bond motifs is 1. The fourth-order valence-corrected chi connectivity index (χ4v) is 4.69. The van der Waals surface area contributed by atoms with E-state index in [1.165, 1.54) is 17.4 Å². The second kappa shape index (κ2) is 7.33. The summed E-state index contributed by atoms with van der Waals surface area (Å²) in [5, 5.41) is 4.63. The summed E-state index contributed by atoms with van der Waals surface area (Å²) >= 11 is 1.27. The Morgan fingerprint density at radius 2 is 2.00 bits per heavy atom. The van der Waals surface area contributed by atoms with E-state index in [2.05, 4.69) is 10.1 Å². The Morgan fingerprint density at radius 1 is 1.28 bits per heavy atom. The Bertz CT molecular complexity index is 1040. The van der Waals surface area contributed by atoms with E-state index in [0.717, 1.165) is 18.9 Å². The molecule has 4 rings (SSSR count). The number of thiazole rings is 1. The van der Waals surface area contributed by atoms with Crippen LogP contribution in [-0.2, 0) is 13.2 Å². The third-order valence-electron chi connectivity index (χ3n) is 5.27. The number of piperidine rings is 1. The van der Waals surface area contributed by atoms with E-state index in [1.54, 1.807) is 42.1 Å². The van der Waals surface area contributed by atoms with Crippen LogP contribution in [0.1, 0.15) is 28.8 Å². The fourth-order valence-electron chi connectivity index (χ4n) is 3.65. The number of aromatic nitrogens is 3. The number of carbonyl (C=O) groups excluding carboxylic acids is 1. The SMILES string of the molecule is CN(C(=O)c1cnn(C)c1)C1CCN(c2nc3c(C(F)(F)F)cccc3s2)CC1. The lowest BCUT2D eigenvalue weighted by molar-refractivity contribution is -0.136. The van der Waals surface area contributed by atoms with E-state index in [9.17, 15) is 18.0 Å². The largest absolute Gasteiger partial charge is 0.418 e.